The number of benzene rings is 1. The van der Waals surface area contributed by atoms with E-state index in [-0.39, 0.29) is 11.0 Å². The second-order valence-electron chi connectivity index (χ2n) is 5.67. The quantitative estimate of drug-likeness (QED) is 0.668. The number of hydrogen-bond acceptors (Lipinski definition) is 1. The van der Waals surface area contributed by atoms with Crippen LogP contribution in [-0.4, -0.2) is 5.60 Å². The smallest absolute Gasteiger partial charge is 0.121 e. The van der Waals surface area contributed by atoms with Gasteiger partial charge in [-0.05, 0) is 49.5 Å². The van der Waals surface area contributed by atoms with Crippen molar-refractivity contribution in [2.75, 3.05) is 0 Å². The monoisotopic (exact) mass is 232 g/mol. The lowest BCUT2D eigenvalue weighted by Crippen LogP contribution is -2.24. The van der Waals surface area contributed by atoms with Crippen molar-refractivity contribution in [2.45, 2.75) is 52.1 Å². The van der Waals surface area contributed by atoms with Gasteiger partial charge in [0, 0.05) is 0 Å². The third-order valence-electron chi connectivity index (χ3n) is 3.39. The van der Waals surface area contributed by atoms with Crippen molar-refractivity contribution < 1.29 is 4.74 Å². The van der Waals surface area contributed by atoms with Crippen LogP contribution in [-0.2, 0) is 5.41 Å². The lowest BCUT2D eigenvalue weighted by atomic mass is 9.82. The normalized spacial score (nSPS) is 12.3. The minimum absolute atomic E-state index is 0.229. The molecule has 0 unspecified atom stereocenters. The Hall–Kier alpha value is -1.24. The van der Waals surface area contributed by atoms with E-state index in [0.29, 0.717) is 0 Å². The van der Waals surface area contributed by atoms with E-state index < -0.39 is 0 Å². The van der Waals surface area contributed by atoms with Crippen LogP contribution in [0, 0.1) is 0 Å². The molecule has 1 aromatic carbocycles. The zero-order valence-corrected chi connectivity index (χ0v) is 11.7. The Morgan fingerprint density at radius 3 is 2.06 bits per heavy atom. The Bertz CT molecular complexity index is 371. The average Bonchev–Trinajstić information content (AvgIpc) is 2.29. The Balaban J connectivity index is 2.86. The standard InChI is InChI=1S/C16H24O/c1-7-15(3,4)13-9-11-14(12-10-13)17-16(5,6)8-2/h8-12H,2,7H2,1,3-6H3. The van der Waals surface area contributed by atoms with Crippen molar-refractivity contribution in [3.8, 4) is 5.75 Å². The van der Waals surface area contributed by atoms with Crippen LogP contribution >= 0.6 is 0 Å². The summed E-state index contributed by atoms with van der Waals surface area (Å²) in [7, 11) is 0. The third-order valence-corrected chi connectivity index (χ3v) is 3.39. The number of ether oxygens (including phenoxy) is 1. The summed E-state index contributed by atoms with van der Waals surface area (Å²) >= 11 is 0. The van der Waals surface area contributed by atoms with Crippen molar-refractivity contribution in [1.29, 1.82) is 0 Å². The molecule has 0 aliphatic heterocycles. The van der Waals surface area contributed by atoms with E-state index in [1.165, 1.54) is 5.56 Å². The molecular weight excluding hydrogens is 208 g/mol. The van der Waals surface area contributed by atoms with E-state index in [9.17, 15) is 0 Å². The molecule has 0 amide bonds. The average molecular weight is 232 g/mol. The van der Waals surface area contributed by atoms with Gasteiger partial charge in [0.1, 0.15) is 11.4 Å². The first-order valence-electron chi connectivity index (χ1n) is 6.24. The third kappa shape index (κ3) is 3.62. The maximum absolute atomic E-state index is 5.83. The van der Waals surface area contributed by atoms with Gasteiger partial charge in [-0.25, -0.2) is 0 Å². The molecule has 1 nitrogen and oxygen atoms in total. The maximum atomic E-state index is 5.83. The maximum Gasteiger partial charge on any atom is 0.121 e. The van der Waals surface area contributed by atoms with E-state index in [1.54, 1.807) is 0 Å². The van der Waals surface area contributed by atoms with Crippen LogP contribution in [0.2, 0.25) is 0 Å². The largest absolute Gasteiger partial charge is 0.484 e. The van der Waals surface area contributed by atoms with Crippen molar-refractivity contribution in [2.24, 2.45) is 0 Å². The molecule has 0 aromatic heterocycles. The first-order chi connectivity index (χ1) is 7.80. The van der Waals surface area contributed by atoms with Crippen molar-refractivity contribution in [1.82, 2.24) is 0 Å². The summed E-state index contributed by atoms with van der Waals surface area (Å²) in [5, 5.41) is 0. The Morgan fingerprint density at radius 2 is 1.65 bits per heavy atom. The van der Waals surface area contributed by atoms with Crippen LogP contribution in [0.15, 0.2) is 36.9 Å². The molecule has 0 saturated carbocycles. The second kappa shape index (κ2) is 4.95. The van der Waals surface area contributed by atoms with Gasteiger partial charge in [-0.15, -0.1) is 0 Å². The van der Waals surface area contributed by atoms with Crippen LogP contribution in [0.1, 0.15) is 46.6 Å². The predicted octanol–water partition coefficient (Wildman–Crippen LogP) is 4.72. The fourth-order valence-corrected chi connectivity index (χ4v) is 1.52. The zero-order chi connectivity index (χ0) is 13.1. The minimum Gasteiger partial charge on any atom is -0.484 e. The fraction of sp³-hybridized carbons (Fsp3) is 0.500. The molecule has 1 rings (SSSR count). The van der Waals surface area contributed by atoms with E-state index in [0.717, 1.165) is 12.2 Å². The van der Waals surface area contributed by atoms with E-state index in [4.69, 9.17) is 4.74 Å². The van der Waals surface area contributed by atoms with Gasteiger partial charge in [0.05, 0.1) is 0 Å². The molecule has 0 heterocycles. The fourth-order valence-electron chi connectivity index (χ4n) is 1.52. The van der Waals surface area contributed by atoms with Crippen LogP contribution in [0.5, 0.6) is 5.75 Å². The summed E-state index contributed by atoms with van der Waals surface area (Å²) in [5.74, 6) is 0.894. The van der Waals surface area contributed by atoms with Crippen LogP contribution in [0.3, 0.4) is 0 Å². The predicted molar refractivity (Wildman–Crippen MR) is 74.7 cm³/mol. The van der Waals surface area contributed by atoms with Gasteiger partial charge in [0.25, 0.3) is 0 Å². The zero-order valence-electron chi connectivity index (χ0n) is 11.7. The van der Waals surface area contributed by atoms with Gasteiger partial charge in [0.15, 0.2) is 0 Å². The van der Waals surface area contributed by atoms with Crippen molar-refractivity contribution >= 4 is 0 Å². The molecule has 17 heavy (non-hydrogen) atoms. The van der Waals surface area contributed by atoms with Gasteiger partial charge >= 0.3 is 0 Å². The summed E-state index contributed by atoms with van der Waals surface area (Å²) in [4.78, 5) is 0. The molecule has 0 radical (unpaired) electrons. The molecule has 0 fully saturated rings. The Kier molecular flexibility index (Phi) is 4.03. The second-order valence-corrected chi connectivity index (χ2v) is 5.67. The topological polar surface area (TPSA) is 9.23 Å². The first-order valence-corrected chi connectivity index (χ1v) is 6.24. The lowest BCUT2D eigenvalue weighted by molar-refractivity contribution is 0.162. The highest BCUT2D eigenvalue weighted by Gasteiger charge is 2.19. The summed E-state index contributed by atoms with van der Waals surface area (Å²) < 4.78 is 5.83. The van der Waals surface area contributed by atoms with E-state index in [2.05, 4.69) is 39.5 Å². The molecule has 0 N–H and O–H groups in total. The molecular formula is C16H24O. The summed E-state index contributed by atoms with van der Waals surface area (Å²) in [6.45, 7) is 14.5. The van der Waals surface area contributed by atoms with Gasteiger partial charge in [0.2, 0.25) is 0 Å². The molecule has 0 aliphatic rings. The Labute approximate surface area is 106 Å². The van der Waals surface area contributed by atoms with E-state index in [1.807, 2.05) is 32.1 Å². The van der Waals surface area contributed by atoms with Gasteiger partial charge in [-0.3, -0.25) is 0 Å². The highest BCUT2D eigenvalue weighted by molar-refractivity contribution is 5.32. The summed E-state index contributed by atoms with van der Waals surface area (Å²) in [5.41, 5.74) is 1.26. The van der Waals surface area contributed by atoms with Crippen molar-refractivity contribution in [3.05, 3.63) is 42.5 Å². The molecule has 0 saturated heterocycles. The molecule has 1 aromatic rings. The number of hydrogen-bond donors (Lipinski definition) is 0. The lowest BCUT2D eigenvalue weighted by Gasteiger charge is -2.25. The Morgan fingerprint density at radius 1 is 1.12 bits per heavy atom. The van der Waals surface area contributed by atoms with Gasteiger partial charge < -0.3 is 4.74 Å². The summed E-state index contributed by atoms with van der Waals surface area (Å²) in [6, 6.07) is 8.38. The van der Waals surface area contributed by atoms with Crippen LogP contribution in [0.25, 0.3) is 0 Å². The highest BCUT2D eigenvalue weighted by Crippen LogP contribution is 2.29. The molecule has 0 spiro atoms. The summed E-state index contributed by atoms with van der Waals surface area (Å²) in [6.07, 6.45) is 2.95. The molecule has 0 bridgehead atoms. The van der Waals surface area contributed by atoms with E-state index >= 15 is 0 Å². The highest BCUT2D eigenvalue weighted by atomic mass is 16.5. The SMILES string of the molecule is C=CC(C)(C)Oc1ccc(C(C)(C)CC)cc1. The molecule has 94 valence electrons. The van der Waals surface area contributed by atoms with Crippen molar-refractivity contribution in [3.63, 3.8) is 0 Å². The van der Waals surface area contributed by atoms with Gasteiger partial charge in [-0.1, -0.05) is 39.5 Å². The van der Waals surface area contributed by atoms with Crippen LogP contribution in [0.4, 0.5) is 0 Å². The first kappa shape index (κ1) is 13.8. The van der Waals surface area contributed by atoms with Crippen LogP contribution < -0.4 is 4.74 Å². The molecule has 0 atom stereocenters. The number of rotatable bonds is 5. The van der Waals surface area contributed by atoms with Gasteiger partial charge in [-0.2, -0.15) is 0 Å². The molecule has 1 heteroatoms. The minimum atomic E-state index is -0.318. The molecule has 0 aliphatic carbocycles.